The van der Waals surface area contributed by atoms with E-state index in [1.165, 1.54) is 22.3 Å². The fraction of sp³-hybridized carbons (Fsp3) is 0.263. The SMILES string of the molecule is CC1=NC2=CC=CC2=C1C(C)(C)C1=C2C=CC=C2N=C1C. The van der Waals surface area contributed by atoms with E-state index in [2.05, 4.69) is 64.2 Å². The first-order chi connectivity index (χ1) is 10.00. The first-order valence-corrected chi connectivity index (χ1v) is 7.38. The molecule has 0 saturated carbocycles. The molecule has 2 aliphatic carbocycles. The first-order valence-electron chi connectivity index (χ1n) is 7.38. The summed E-state index contributed by atoms with van der Waals surface area (Å²) in [5.41, 5.74) is 9.59. The monoisotopic (exact) mass is 274 g/mol. The summed E-state index contributed by atoms with van der Waals surface area (Å²) in [7, 11) is 0. The summed E-state index contributed by atoms with van der Waals surface area (Å²) in [5.74, 6) is 0. The van der Waals surface area contributed by atoms with Crippen molar-refractivity contribution < 1.29 is 0 Å². The molecule has 104 valence electrons. The Kier molecular flexibility index (Phi) is 2.33. The number of aliphatic imine (C=N–C) groups is 2. The number of hydrogen-bond donors (Lipinski definition) is 0. The molecule has 2 nitrogen and oxygen atoms in total. The van der Waals surface area contributed by atoms with Crippen LogP contribution < -0.4 is 0 Å². The molecule has 0 fully saturated rings. The van der Waals surface area contributed by atoms with E-state index in [0.717, 1.165) is 22.8 Å². The minimum absolute atomic E-state index is 0.0969. The Balaban J connectivity index is 1.94. The lowest BCUT2D eigenvalue weighted by molar-refractivity contribution is 0.579. The zero-order valence-corrected chi connectivity index (χ0v) is 12.9. The summed E-state index contributed by atoms with van der Waals surface area (Å²) in [6.07, 6.45) is 12.7. The molecule has 0 saturated heterocycles. The van der Waals surface area contributed by atoms with Gasteiger partial charge in [0.15, 0.2) is 0 Å². The summed E-state index contributed by atoms with van der Waals surface area (Å²) in [5, 5.41) is 0. The fourth-order valence-electron chi connectivity index (χ4n) is 4.00. The van der Waals surface area contributed by atoms with E-state index < -0.39 is 0 Å². The molecular weight excluding hydrogens is 256 g/mol. The van der Waals surface area contributed by atoms with Gasteiger partial charge in [-0.05, 0) is 37.1 Å². The van der Waals surface area contributed by atoms with Crippen molar-refractivity contribution >= 4 is 11.4 Å². The molecule has 0 bridgehead atoms. The van der Waals surface area contributed by atoms with Crippen LogP contribution in [-0.4, -0.2) is 11.4 Å². The quantitative estimate of drug-likeness (QED) is 0.710. The highest BCUT2D eigenvalue weighted by Crippen LogP contribution is 2.48. The normalized spacial score (nSPS) is 22.7. The lowest BCUT2D eigenvalue weighted by atomic mass is 9.71. The number of fused-ring (bicyclic) bond motifs is 2. The molecule has 0 aromatic rings. The molecule has 0 N–H and O–H groups in total. The number of hydrogen-bond acceptors (Lipinski definition) is 2. The predicted molar refractivity (Wildman–Crippen MR) is 88.5 cm³/mol. The second-order valence-electron chi connectivity index (χ2n) is 6.42. The van der Waals surface area contributed by atoms with Gasteiger partial charge in [-0.15, -0.1) is 0 Å². The molecule has 0 spiro atoms. The van der Waals surface area contributed by atoms with Gasteiger partial charge >= 0.3 is 0 Å². The molecule has 4 rings (SSSR count). The van der Waals surface area contributed by atoms with Gasteiger partial charge in [0.05, 0.1) is 11.4 Å². The number of allylic oxidation sites excluding steroid dienone is 8. The van der Waals surface area contributed by atoms with Crippen molar-refractivity contribution in [3.8, 4) is 0 Å². The van der Waals surface area contributed by atoms with Crippen molar-refractivity contribution in [3.05, 3.63) is 70.1 Å². The van der Waals surface area contributed by atoms with Gasteiger partial charge in [-0.3, -0.25) is 9.98 Å². The molecular formula is C19H18N2. The lowest BCUT2D eigenvalue weighted by Gasteiger charge is -2.30. The van der Waals surface area contributed by atoms with E-state index in [-0.39, 0.29) is 5.41 Å². The predicted octanol–water partition coefficient (Wildman–Crippen LogP) is 4.46. The smallest absolute Gasteiger partial charge is 0.0709 e. The Hall–Kier alpha value is -2.22. The standard InChI is InChI=1S/C19H18N2/c1-11-17(13-7-5-9-15(13)20-11)19(3,4)18-12(2)21-16-10-6-8-14(16)18/h5-10H,1-4H3. The lowest BCUT2D eigenvalue weighted by Crippen LogP contribution is -2.26. The molecule has 2 heteroatoms. The van der Waals surface area contributed by atoms with Crippen LogP contribution in [0.1, 0.15) is 27.7 Å². The van der Waals surface area contributed by atoms with E-state index in [0.29, 0.717) is 0 Å². The van der Waals surface area contributed by atoms with Crippen molar-refractivity contribution in [1.82, 2.24) is 0 Å². The largest absolute Gasteiger partial charge is 0.253 e. The van der Waals surface area contributed by atoms with E-state index >= 15 is 0 Å². The fourth-order valence-corrected chi connectivity index (χ4v) is 4.00. The maximum Gasteiger partial charge on any atom is 0.0709 e. The third-order valence-electron chi connectivity index (χ3n) is 4.67. The van der Waals surface area contributed by atoms with Crippen LogP contribution in [0, 0.1) is 5.41 Å². The van der Waals surface area contributed by atoms with Crippen LogP contribution in [0.5, 0.6) is 0 Å². The molecule has 0 radical (unpaired) electrons. The highest BCUT2D eigenvalue weighted by Gasteiger charge is 2.40. The zero-order valence-electron chi connectivity index (χ0n) is 12.9. The van der Waals surface area contributed by atoms with E-state index in [4.69, 9.17) is 9.98 Å². The van der Waals surface area contributed by atoms with Crippen molar-refractivity contribution in [2.45, 2.75) is 27.7 Å². The van der Waals surface area contributed by atoms with Gasteiger partial charge in [0.2, 0.25) is 0 Å². The minimum Gasteiger partial charge on any atom is -0.253 e. The summed E-state index contributed by atoms with van der Waals surface area (Å²) >= 11 is 0. The molecule has 21 heavy (non-hydrogen) atoms. The summed E-state index contributed by atoms with van der Waals surface area (Å²) < 4.78 is 0. The zero-order chi connectivity index (χ0) is 14.8. The van der Waals surface area contributed by atoms with E-state index in [1.54, 1.807) is 0 Å². The highest BCUT2D eigenvalue weighted by atomic mass is 14.8. The molecule has 0 atom stereocenters. The average Bonchev–Trinajstić information content (AvgIpc) is 3.07. The Labute approximate surface area is 125 Å². The average molecular weight is 274 g/mol. The third-order valence-corrected chi connectivity index (χ3v) is 4.67. The topological polar surface area (TPSA) is 24.7 Å². The first kappa shape index (κ1) is 12.5. The van der Waals surface area contributed by atoms with Crippen LogP contribution in [-0.2, 0) is 0 Å². The van der Waals surface area contributed by atoms with Crippen LogP contribution in [0.4, 0.5) is 0 Å². The van der Waals surface area contributed by atoms with Crippen LogP contribution in [0.3, 0.4) is 0 Å². The number of nitrogens with zero attached hydrogens (tertiary/aromatic N) is 2. The molecule has 0 aromatic carbocycles. The Morgan fingerprint density at radius 2 is 1.19 bits per heavy atom. The maximum absolute atomic E-state index is 4.73. The third kappa shape index (κ3) is 1.53. The van der Waals surface area contributed by atoms with Crippen molar-refractivity contribution in [2.75, 3.05) is 0 Å². The van der Waals surface area contributed by atoms with E-state index in [1.807, 2.05) is 0 Å². The second kappa shape index (κ2) is 3.91. The maximum atomic E-state index is 4.73. The van der Waals surface area contributed by atoms with Crippen molar-refractivity contribution in [1.29, 1.82) is 0 Å². The van der Waals surface area contributed by atoms with Crippen LogP contribution in [0.25, 0.3) is 0 Å². The summed E-state index contributed by atoms with van der Waals surface area (Å²) in [4.78, 5) is 9.45. The molecule has 0 aromatic heterocycles. The van der Waals surface area contributed by atoms with Gasteiger partial charge in [0, 0.05) is 28.0 Å². The molecule has 2 heterocycles. The van der Waals surface area contributed by atoms with Gasteiger partial charge in [0.25, 0.3) is 0 Å². The van der Waals surface area contributed by atoms with Crippen LogP contribution in [0.2, 0.25) is 0 Å². The van der Waals surface area contributed by atoms with Crippen LogP contribution >= 0.6 is 0 Å². The molecule has 4 aliphatic rings. The molecule has 0 amide bonds. The summed E-state index contributed by atoms with van der Waals surface area (Å²) in [6.45, 7) is 8.82. The van der Waals surface area contributed by atoms with Gasteiger partial charge < -0.3 is 0 Å². The molecule has 0 unspecified atom stereocenters. The van der Waals surface area contributed by atoms with Crippen LogP contribution in [0.15, 0.2) is 80.1 Å². The number of rotatable bonds is 2. The van der Waals surface area contributed by atoms with Gasteiger partial charge in [-0.1, -0.05) is 38.2 Å². The Morgan fingerprint density at radius 3 is 1.62 bits per heavy atom. The van der Waals surface area contributed by atoms with Crippen molar-refractivity contribution in [2.24, 2.45) is 15.4 Å². The minimum atomic E-state index is -0.0969. The Bertz CT molecular complexity index is 748. The van der Waals surface area contributed by atoms with Gasteiger partial charge in [-0.2, -0.15) is 0 Å². The second-order valence-corrected chi connectivity index (χ2v) is 6.42. The summed E-state index contributed by atoms with van der Waals surface area (Å²) in [6, 6.07) is 0. The van der Waals surface area contributed by atoms with Crippen molar-refractivity contribution in [3.63, 3.8) is 0 Å². The Morgan fingerprint density at radius 1 is 0.762 bits per heavy atom. The van der Waals surface area contributed by atoms with E-state index in [9.17, 15) is 0 Å². The van der Waals surface area contributed by atoms with Gasteiger partial charge in [-0.25, -0.2) is 0 Å². The molecule has 2 aliphatic heterocycles. The van der Waals surface area contributed by atoms with Gasteiger partial charge in [0.1, 0.15) is 0 Å². The highest BCUT2D eigenvalue weighted by molar-refractivity contribution is 6.11.